The van der Waals surface area contributed by atoms with Crippen LogP contribution in [0.25, 0.3) is 5.57 Å². The Hall–Kier alpha value is -5.99. The summed E-state index contributed by atoms with van der Waals surface area (Å²) in [6.45, 7) is 21.2. The number of halogens is 6. The molecule has 1 saturated carbocycles. The molecule has 81 heavy (non-hydrogen) atoms. The Morgan fingerprint density at radius 1 is 0.432 bits per heavy atom. The fraction of sp³-hybridized carbons (Fsp3) is 0.101. The smallest absolute Gasteiger partial charge is 0.366 e. The minimum atomic E-state index is -10.7. The van der Waals surface area contributed by atoms with E-state index in [9.17, 15) is 25.2 Å². The van der Waals surface area contributed by atoms with Crippen molar-refractivity contribution in [1.82, 2.24) is 4.90 Å². The van der Waals surface area contributed by atoms with Gasteiger partial charge in [0.05, 0.1) is 20.3 Å². The fourth-order valence-electron chi connectivity index (χ4n) is 8.78. The number of likely N-dealkylation sites (N-methyl/N-ethyl adjacent to an activating group) is 1. The molecule has 0 unspecified atom stereocenters. The van der Waals surface area contributed by atoms with Gasteiger partial charge in [0, 0.05) is 24.9 Å². The Bertz CT molecular complexity index is 2860. The molecule has 0 N–H and O–H groups in total. The van der Waals surface area contributed by atoms with E-state index in [4.69, 9.17) is 6.58 Å². The van der Waals surface area contributed by atoms with E-state index in [1.807, 2.05) is 0 Å². The maximum atomic E-state index is 9.87. The predicted octanol–water partition coefficient (Wildman–Crippen LogP) is 18.2. The zero-order valence-electron chi connectivity index (χ0n) is 46.0. The zero-order valence-corrected chi connectivity index (χ0v) is 51.4. The summed E-state index contributed by atoms with van der Waals surface area (Å²) >= 11 is 0. The van der Waals surface area contributed by atoms with E-state index in [-0.39, 0.29) is 19.5 Å². The molecule has 0 aliphatic heterocycles. The second-order valence-corrected chi connectivity index (χ2v) is 30.5. The van der Waals surface area contributed by atoms with Crippen LogP contribution in [0.5, 0.6) is 0 Å². The van der Waals surface area contributed by atoms with Crippen molar-refractivity contribution >= 4 is 69.1 Å². The Balaban J connectivity index is 0.000000197. The predicted molar refractivity (Wildman–Crippen MR) is 337 cm³/mol. The molecule has 0 bridgehead atoms. The monoisotopic (exact) mass is 1250 g/mol. The molecule has 0 heterocycles. The molecule has 8 aromatic carbocycles. The molecule has 12 heteroatoms. The van der Waals surface area contributed by atoms with Gasteiger partial charge in [0.15, 0.2) is 0 Å². The van der Waals surface area contributed by atoms with Gasteiger partial charge in [0.25, 0.3) is 0 Å². The standard InChI is InChI=1S/C24H29NSi.2C18H15P.C9H7.F6P.Ru/c1-7-22(25(8-2)9-3)24(26(4,5)6)23(20-16-12-10-13-17-20)21-18-14-11-15-19-21;2*1-4-10-16(11-5-1)19(17-12-6-2-7-13-17)18-14-8-3-9-15-18;1-2-5-9-7-3-6-8(9)4-1;1-7(2,3,4,5)6;/h10-19H,8-9H2,2-6H3;2*1-15H;1-7H;;/q;;;;-1;+2. The van der Waals surface area contributed by atoms with Crippen molar-refractivity contribution in [1.29, 1.82) is 0 Å². The van der Waals surface area contributed by atoms with E-state index in [0.717, 1.165) is 18.8 Å². The molecule has 10 rings (SSSR count). The number of allylic oxidation sites excluding steroid dienone is 5. The van der Waals surface area contributed by atoms with E-state index in [0.29, 0.717) is 0 Å². The largest absolute Gasteiger partial charge is 2.00 e. The molecule has 0 atom stereocenters. The molecule has 8 aromatic rings. The van der Waals surface area contributed by atoms with E-state index < -0.39 is 31.7 Å². The second-order valence-electron chi connectivity index (χ2n) is 19.2. The normalized spacial score (nSPS) is 13.4. The third kappa shape index (κ3) is 22.4. The molecule has 415 valence electrons. The molecular weight excluding hydrogens is 1180 g/mol. The van der Waals surface area contributed by atoms with Gasteiger partial charge in [-0.2, -0.15) is 0 Å². The van der Waals surface area contributed by atoms with Crippen LogP contribution >= 0.6 is 23.7 Å². The first-order chi connectivity index (χ1) is 38.2. The van der Waals surface area contributed by atoms with Crippen LogP contribution in [0.15, 0.2) is 284 Å². The summed E-state index contributed by atoms with van der Waals surface area (Å²) in [5.74, 6) is 2.66. The SMILES string of the molecule is F[P-](F)(F)(F)(F)F.[CH]1[CH][C]2C=CC=C[C]2[CH]1.[C]=C=C(C(=C(c1ccccc1)c1ccccc1)[Si](C)(C)C)N(CC)CC.[Ru+2].c1ccc(P(c2ccccc2)c2ccccc2)cc1.c1ccc(P(c2ccccc2)c2ccccc2)cc1. The van der Waals surface area contributed by atoms with Crippen molar-refractivity contribution in [2.75, 3.05) is 13.1 Å². The van der Waals surface area contributed by atoms with E-state index in [1.165, 1.54) is 65.6 Å². The molecule has 7 radical (unpaired) electrons. The van der Waals surface area contributed by atoms with Gasteiger partial charge >= 0.3 is 52.5 Å². The summed E-state index contributed by atoms with van der Waals surface area (Å²) in [5, 5.41) is 9.69. The first kappa shape index (κ1) is 65.8. The Morgan fingerprint density at radius 3 is 0.877 bits per heavy atom. The van der Waals surface area contributed by atoms with E-state index >= 15 is 0 Å². The van der Waals surface area contributed by atoms with Gasteiger partial charge in [-0.1, -0.05) is 292 Å². The summed E-state index contributed by atoms with van der Waals surface area (Å²) < 4.78 is 59.2. The van der Waals surface area contributed by atoms with Crippen molar-refractivity contribution in [2.45, 2.75) is 33.5 Å². The van der Waals surface area contributed by atoms with Crippen molar-refractivity contribution in [2.24, 2.45) is 0 Å². The molecule has 0 amide bonds. The number of benzene rings is 8. The minimum Gasteiger partial charge on any atom is -0.366 e. The van der Waals surface area contributed by atoms with Gasteiger partial charge in [-0.05, 0) is 103 Å². The average Bonchev–Trinajstić information content (AvgIpc) is 3.95. The fourth-order valence-corrected chi connectivity index (χ4v) is 15.4. The molecular formula is C69H66F6NP3RuSi+. The number of hydrogen-bond acceptors (Lipinski definition) is 1. The van der Waals surface area contributed by atoms with E-state index in [1.54, 1.807) is 0 Å². The van der Waals surface area contributed by atoms with Gasteiger partial charge in [0.2, 0.25) is 0 Å². The van der Waals surface area contributed by atoms with Crippen LogP contribution in [0.1, 0.15) is 25.0 Å². The Labute approximate surface area is 494 Å². The van der Waals surface area contributed by atoms with Crippen LogP contribution in [0, 0.1) is 37.7 Å². The zero-order chi connectivity index (χ0) is 57.5. The first-order valence-electron chi connectivity index (χ1n) is 26.2. The average molecular weight is 1250 g/mol. The van der Waals surface area contributed by atoms with Gasteiger partial charge in [-0.15, -0.1) is 0 Å². The third-order valence-corrected chi connectivity index (χ3v) is 19.1. The van der Waals surface area contributed by atoms with Crippen LogP contribution in [0.4, 0.5) is 25.2 Å². The summed E-state index contributed by atoms with van der Waals surface area (Å²) in [4.78, 5) is 2.26. The Kier molecular flexibility index (Phi) is 25.1. The first-order valence-corrected chi connectivity index (χ1v) is 34.4. The van der Waals surface area contributed by atoms with Crippen LogP contribution in [0.2, 0.25) is 19.6 Å². The molecule has 2 aliphatic rings. The topological polar surface area (TPSA) is 3.24 Å². The number of fused-ring (bicyclic) bond motifs is 1. The second kappa shape index (κ2) is 30.9. The number of hydrogen-bond donors (Lipinski definition) is 0. The molecule has 0 aromatic heterocycles. The minimum absolute atomic E-state index is 0. The van der Waals surface area contributed by atoms with Crippen LogP contribution in [-0.4, -0.2) is 26.1 Å². The Morgan fingerprint density at radius 2 is 0.667 bits per heavy atom. The van der Waals surface area contributed by atoms with Gasteiger partial charge < -0.3 is 4.90 Å². The summed E-state index contributed by atoms with van der Waals surface area (Å²) in [6, 6.07) is 85.8. The number of nitrogens with zero attached hydrogens (tertiary/aromatic N) is 1. The molecule has 1 nitrogen and oxygen atoms in total. The van der Waals surface area contributed by atoms with Gasteiger partial charge in [-0.25, -0.2) is 0 Å². The van der Waals surface area contributed by atoms with Crippen LogP contribution in [-0.2, 0) is 19.5 Å². The van der Waals surface area contributed by atoms with Crippen molar-refractivity contribution in [3.05, 3.63) is 332 Å². The van der Waals surface area contributed by atoms with Crippen molar-refractivity contribution in [3.8, 4) is 0 Å². The van der Waals surface area contributed by atoms with Crippen LogP contribution < -0.4 is 31.8 Å². The summed E-state index contributed by atoms with van der Waals surface area (Å²) in [6.07, 6.45) is 14.7. The van der Waals surface area contributed by atoms with Crippen LogP contribution in [0.3, 0.4) is 0 Å². The maximum absolute atomic E-state index is 10.7. The van der Waals surface area contributed by atoms with Crippen molar-refractivity contribution in [3.63, 3.8) is 0 Å². The molecule has 2 aliphatic carbocycles. The summed E-state index contributed by atoms with van der Waals surface area (Å²) in [7, 11) is -13.3. The quantitative estimate of drug-likeness (QED) is 0.0366. The molecule has 0 saturated heterocycles. The number of rotatable bonds is 13. The van der Waals surface area contributed by atoms with Gasteiger partial charge in [0.1, 0.15) is 0 Å². The summed E-state index contributed by atoms with van der Waals surface area (Å²) in [5.41, 5.74) is 7.39. The van der Waals surface area contributed by atoms with Crippen molar-refractivity contribution < 1.29 is 44.7 Å². The molecule has 1 fully saturated rings. The maximum Gasteiger partial charge on any atom is 2.00 e. The van der Waals surface area contributed by atoms with Gasteiger partial charge in [-0.3, -0.25) is 0 Å². The molecule has 0 spiro atoms. The third-order valence-electron chi connectivity index (χ3n) is 12.2. The van der Waals surface area contributed by atoms with E-state index in [2.05, 4.69) is 330 Å².